The van der Waals surface area contributed by atoms with Crippen molar-refractivity contribution in [2.45, 2.75) is 18.7 Å². The lowest BCUT2D eigenvalue weighted by atomic mass is 10.0. The molecule has 2 aliphatic heterocycles. The van der Waals surface area contributed by atoms with Crippen LogP contribution in [-0.2, 0) is 19.6 Å². The number of carbonyl (C=O) groups excluding carboxylic acids is 1. The van der Waals surface area contributed by atoms with Crippen molar-refractivity contribution in [3.63, 3.8) is 0 Å². The van der Waals surface area contributed by atoms with E-state index in [1.165, 1.54) is 4.31 Å². The zero-order valence-corrected chi connectivity index (χ0v) is 22.5. The Bertz CT molecular complexity index is 1720. The number of aryl methyl sites for hydroxylation is 1. The number of carbonyl (C=O) groups is 1. The van der Waals surface area contributed by atoms with E-state index in [9.17, 15) is 13.2 Å². The zero-order chi connectivity index (χ0) is 26.6. The lowest BCUT2D eigenvalue weighted by Gasteiger charge is -2.26. The van der Waals surface area contributed by atoms with Gasteiger partial charge >= 0.3 is 0 Å². The predicted molar refractivity (Wildman–Crippen MR) is 150 cm³/mol. The molecule has 1 amide bonds. The average Bonchev–Trinajstić information content (AvgIpc) is 3.35. The molecule has 194 valence electrons. The summed E-state index contributed by atoms with van der Waals surface area (Å²) in [6.45, 7) is 5.50. The zero-order valence-electron chi connectivity index (χ0n) is 21.6. The summed E-state index contributed by atoms with van der Waals surface area (Å²) < 4.78 is 35.6. The third kappa shape index (κ3) is 3.88. The van der Waals surface area contributed by atoms with Crippen LogP contribution in [0.5, 0.6) is 0 Å². The topological polar surface area (TPSA) is 71.8 Å². The summed E-state index contributed by atoms with van der Waals surface area (Å²) in [5.74, 6) is -0.157. The summed E-state index contributed by atoms with van der Waals surface area (Å²) in [4.78, 5) is 15.1. The number of fused-ring (bicyclic) bond motifs is 2. The second-order valence-electron chi connectivity index (χ2n) is 9.78. The molecule has 0 atom stereocenters. The van der Waals surface area contributed by atoms with Crippen LogP contribution in [0.1, 0.15) is 22.5 Å². The lowest BCUT2D eigenvalue weighted by Crippen LogP contribution is -2.40. The monoisotopic (exact) mass is 527 g/mol. The van der Waals surface area contributed by atoms with Crippen LogP contribution >= 0.6 is 0 Å². The number of amides is 1. The van der Waals surface area contributed by atoms with Gasteiger partial charge in [-0.05, 0) is 61.2 Å². The van der Waals surface area contributed by atoms with Crippen LogP contribution in [0.3, 0.4) is 0 Å². The van der Waals surface area contributed by atoms with E-state index in [1.807, 2.05) is 25.1 Å². The Morgan fingerprint density at radius 1 is 0.895 bits per heavy atom. The predicted octanol–water partition coefficient (Wildman–Crippen LogP) is 4.79. The summed E-state index contributed by atoms with van der Waals surface area (Å²) in [5.41, 5.74) is 5.87. The third-order valence-electron chi connectivity index (χ3n) is 7.54. The minimum Gasteiger partial charge on any atom is -0.379 e. The van der Waals surface area contributed by atoms with E-state index in [4.69, 9.17) is 4.74 Å². The van der Waals surface area contributed by atoms with Crippen molar-refractivity contribution in [3.05, 3.63) is 89.2 Å². The molecule has 7 nitrogen and oxygen atoms in total. The Kier molecular flexibility index (Phi) is 5.98. The molecule has 38 heavy (non-hydrogen) atoms. The maximum absolute atomic E-state index is 13.4. The second-order valence-corrected chi connectivity index (χ2v) is 11.7. The van der Waals surface area contributed by atoms with Gasteiger partial charge in [-0.3, -0.25) is 4.79 Å². The number of hydrogen-bond donors (Lipinski definition) is 0. The molecular formula is C30H29N3O4S. The van der Waals surface area contributed by atoms with Gasteiger partial charge in [-0.2, -0.15) is 4.31 Å². The standard InChI is InChI=1S/C30H29N3O4S/c1-20-17-23(21(2)33(20)29-10-6-8-22-7-4-5-9-25(22)29)18-27-26-19-24(11-12-28(26)31(3)30(27)34)38(35,36)32-13-15-37-16-14-32/h4-12,17-19H,13-16H2,1-3H3. The van der Waals surface area contributed by atoms with E-state index in [-0.39, 0.29) is 10.8 Å². The first-order valence-corrected chi connectivity index (χ1v) is 14.1. The van der Waals surface area contributed by atoms with Crippen LogP contribution in [0.4, 0.5) is 5.69 Å². The SMILES string of the molecule is Cc1cc(C=C2C(=O)N(C)c3ccc(S(=O)(=O)N4CCOCC4)cc32)c(C)n1-c1cccc2ccccc12. The number of morpholine rings is 1. The smallest absolute Gasteiger partial charge is 0.258 e. The quantitative estimate of drug-likeness (QED) is 0.358. The molecule has 0 spiro atoms. The first-order valence-electron chi connectivity index (χ1n) is 12.7. The van der Waals surface area contributed by atoms with Gasteiger partial charge in [0.15, 0.2) is 0 Å². The van der Waals surface area contributed by atoms with Gasteiger partial charge in [-0.25, -0.2) is 8.42 Å². The highest BCUT2D eigenvalue weighted by molar-refractivity contribution is 7.89. The molecule has 1 fully saturated rings. The molecule has 0 radical (unpaired) electrons. The second kappa shape index (κ2) is 9.23. The highest BCUT2D eigenvalue weighted by Gasteiger charge is 2.33. The maximum atomic E-state index is 13.4. The van der Waals surface area contributed by atoms with E-state index in [2.05, 4.69) is 47.9 Å². The van der Waals surface area contributed by atoms with Gasteiger partial charge in [0.2, 0.25) is 10.0 Å². The van der Waals surface area contributed by atoms with Gasteiger partial charge in [0, 0.05) is 48.0 Å². The molecule has 4 aromatic rings. The molecule has 0 aliphatic carbocycles. The molecular weight excluding hydrogens is 498 g/mol. The Labute approximate surface area is 222 Å². The number of sulfonamides is 1. The average molecular weight is 528 g/mol. The van der Waals surface area contributed by atoms with Gasteiger partial charge in [0.1, 0.15) is 0 Å². The highest BCUT2D eigenvalue weighted by Crippen LogP contribution is 2.39. The molecule has 0 bridgehead atoms. The normalized spacial score (nSPS) is 17.5. The molecule has 3 heterocycles. The number of benzene rings is 3. The molecule has 0 unspecified atom stereocenters. The Balaban J connectivity index is 1.45. The van der Waals surface area contributed by atoms with Gasteiger partial charge in [0.05, 0.1) is 29.5 Å². The Morgan fingerprint density at radius 2 is 1.63 bits per heavy atom. The molecule has 1 aromatic heterocycles. The number of hydrogen-bond acceptors (Lipinski definition) is 4. The van der Waals surface area contributed by atoms with Crippen LogP contribution in [0.15, 0.2) is 71.6 Å². The van der Waals surface area contributed by atoms with Gasteiger partial charge < -0.3 is 14.2 Å². The molecule has 6 rings (SSSR count). The van der Waals surface area contributed by atoms with Gasteiger partial charge in [0.25, 0.3) is 5.91 Å². The van der Waals surface area contributed by atoms with Crippen molar-refractivity contribution in [2.24, 2.45) is 0 Å². The van der Waals surface area contributed by atoms with E-state index in [0.717, 1.165) is 33.4 Å². The first-order chi connectivity index (χ1) is 18.3. The van der Waals surface area contributed by atoms with E-state index in [1.54, 1.807) is 30.1 Å². The summed E-state index contributed by atoms with van der Waals surface area (Å²) in [5, 5.41) is 2.31. The fourth-order valence-electron chi connectivity index (χ4n) is 5.53. The summed E-state index contributed by atoms with van der Waals surface area (Å²) in [7, 11) is -1.97. The minimum absolute atomic E-state index is 0.157. The van der Waals surface area contributed by atoms with Crippen LogP contribution in [0.2, 0.25) is 0 Å². The van der Waals surface area contributed by atoms with Crippen LogP contribution < -0.4 is 4.90 Å². The summed E-state index contributed by atoms with van der Waals surface area (Å²) in [6, 6.07) is 21.6. The van der Waals surface area contributed by atoms with Crippen LogP contribution in [-0.4, -0.2) is 56.5 Å². The molecule has 8 heteroatoms. The van der Waals surface area contributed by atoms with Crippen molar-refractivity contribution >= 4 is 44.0 Å². The summed E-state index contributed by atoms with van der Waals surface area (Å²) in [6.07, 6.45) is 1.89. The number of anilines is 1. The van der Waals surface area contributed by atoms with Gasteiger partial charge in [-0.15, -0.1) is 0 Å². The molecule has 2 aliphatic rings. The molecule has 1 saturated heterocycles. The fraction of sp³-hybridized carbons (Fsp3) is 0.233. The fourth-order valence-corrected chi connectivity index (χ4v) is 6.96. The third-order valence-corrected chi connectivity index (χ3v) is 9.43. The molecule has 3 aromatic carbocycles. The van der Waals surface area contributed by atoms with Crippen molar-refractivity contribution in [1.29, 1.82) is 0 Å². The van der Waals surface area contributed by atoms with Crippen molar-refractivity contribution in [2.75, 3.05) is 38.3 Å². The van der Waals surface area contributed by atoms with Crippen molar-refractivity contribution in [3.8, 4) is 5.69 Å². The number of likely N-dealkylation sites (N-methyl/N-ethyl adjacent to an activating group) is 1. The van der Waals surface area contributed by atoms with Crippen LogP contribution in [0, 0.1) is 13.8 Å². The summed E-state index contributed by atoms with van der Waals surface area (Å²) >= 11 is 0. The molecule has 0 saturated carbocycles. The van der Waals surface area contributed by atoms with Crippen LogP contribution in [0.25, 0.3) is 28.1 Å². The number of nitrogens with zero attached hydrogens (tertiary/aromatic N) is 3. The van der Waals surface area contributed by atoms with Crippen molar-refractivity contribution < 1.29 is 17.9 Å². The van der Waals surface area contributed by atoms with Gasteiger partial charge in [-0.1, -0.05) is 36.4 Å². The maximum Gasteiger partial charge on any atom is 0.258 e. The number of rotatable bonds is 4. The van der Waals surface area contributed by atoms with E-state index in [0.29, 0.717) is 43.1 Å². The minimum atomic E-state index is -3.69. The number of aromatic nitrogens is 1. The van der Waals surface area contributed by atoms with Crippen molar-refractivity contribution in [1.82, 2.24) is 8.87 Å². The Hall–Kier alpha value is -3.72. The Morgan fingerprint density at radius 3 is 2.42 bits per heavy atom. The van der Waals surface area contributed by atoms with E-state index < -0.39 is 10.0 Å². The van der Waals surface area contributed by atoms with E-state index >= 15 is 0 Å². The largest absolute Gasteiger partial charge is 0.379 e. The number of ether oxygens (including phenoxy) is 1. The molecule has 0 N–H and O–H groups in total. The highest BCUT2D eigenvalue weighted by atomic mass is 32.2. The lowest BCUT2D eigenvalue weighted by molar-refractivity contribution is -0.112. The first kappa shape index (κ1) is 24.6.